The first-order chi connectivity index (χ1) is 7.10. The van der Waals surface area contributed by atoms with E-state index in [2.05, 4.69) is 9.72 Å². The van der Waals surface area contributed by atoms with Crippen molar-refractivity contribution in [1.29, 1.82) is 0 Å². The van der Waals surface area contributed by atoms with Crippen LogP contribution in [0.25, 0.3) is 5.57 Å². The monoisotopic (exact) mass is 247 g/mol. The molecular weight excluding hydrogens is 238 g/mol. The van der Waals surface area contributed by atoms with Crippen LogP contribution in [0.2, 0.25) is 0 Å². The molecule has 0 aliphatic carbocycles. The van der Waals surface area contributed by atoms with Crippen molar-refractivity contribution in [2.75, 3.05) is 13.0 Å². The first-order valence-corrected chi connectivity index (χ1v) is 5.50. The van der Waals surface area contributed by atoms with Crippen molar-refractivity contribution >= 4 is 34.5 Å². The summed E-state index contributed by atoms with van der Waals surface area (Å²) in [6.07, 6.45) is 0. The number of aryl methyl sites for hydroxylation is 1. The number of alkyl halides is 1. The standard InChI is InChI=1S/C9H10ClNO3S/c1-5-4-15-8(11-5)7(6(12)3-10)9(13)14-2/h4,12H,3H2,1-2H3/b7-6-. The summed E-state index contributed by atoms with van der Waals surface area (Å²) in [6, 6.07) is 0. The maximum atomic E-state index is 11.4. The Hall–Kier alpha value is -1.07. The summed E-state index contributed by atoms with van der Waals surface area (Å²) in [5.74, 6) is -1.01. The minimum atomic E-state index is -0.637. The lowest BCUT2D eigenvalue weighted by Crippen LogP contribution is -2.07. The van der Waals surface area contributed by atoms with Crippen LogP contribution >= 0.6 is 22.9 Å². The van der Waals surface area contributed by atoms with E-state index in [0.29, 0.717) is 5.01 Å². The van der Waals surface area contributed by atoms with E-state index in [1.165, 1.54) is 18.4 Å². The minimum Gasteiger partial charge on any atom is -0.510 e. The van der Waals surface area contributed by atoms with Gasteiger partial charge in [0.2, 0.25) is 0 Å². The molecule has 1 heterocycles. The quantitative estimate of drug-likeness (QED) is 0.385. The molecule has 0 radical (unpaired) electrons. The van der Waals surface area contributed by atoms with Gasteiger partial charge < -0.3 is 9.84 Å². The number of rotatable bonds is 3. The van der Waals surface area contributed by atoms with Gasteiger partial charge in [-0.3, -0.25) is 0 Å². The van der Waals surface area contributed by atoms with E-state index in [1.54, 1.807) is 12.3 Å². The summed E-state index contributed by atoms with van der Waals surface area (Å²) < 4.78 is 4.55. The topological polar surface area (TPSA) is 59.4 Å². The number of hydrogen-bond acceptors (Lipinski definition) is 5. The second-order valence-electron chi connectivity index (χ2n) is 2.74. The molecule has 82 valence electrons. The highest BCUT2D eigenvalue weighted by atomic mass is 35.5. The molecule has 0 fully saturated rings. The lowest BCUT2D eigenvalue weighted by Gasteiger charge is -2.03. The smallest absolute Gasteiger partial charge is 0.344 e. The summed E-state index contributed by atoms with van der Waals surface area (Å²) in [7, 11) is 1.24. The van der Waals surface area contributed by atoms with Crippen molar-refractivity contribution in [3.8, 4) is 0 Å². The number of aromatic nitrogens is 1. The Labute approximate surface area is 96.2 Å². The molecule has 6 heteroatoms. The number of halogens is 1. The number of methoxy groups -OCH3 is 1. The Morgan fingerprint density at radius 1 is 1.73 bits per heavy atom. The zero-order valence-corrected chi connectivity index (χ0v) is 9.85. The van der Waals surface area contributed by atoms with E-state index < -0.39 is 5.97 Å². The molecule has 1 rings (SSSR count). The van der Waals surface area contributed by atoms with Gasteiger partial charge in [-0.25, -0.2) is 9.78 Å². The van der Waals surface area contributed by atoms with Crippen LogP contribution in [0.3, 0.4) is 0 Å². The lowest BCUT2D eigenvalue weighted by atomic mass is 10.2. The van der Waals surface area contributed by atoms with Crippen molar-refractivity contribution in [2.45, 2.75) is 6.92 Å². The summed E-state index contributed by atoms with van der Waals surface area (Å²) in [4.78, 5) is 15.5. The SMILES string of the molecule is COC(=O)/C(=C(\O)CCl)c1nc(C)cs1. The third kappa shape index (κ3) is 2.70. The predicted octanol–water partition coefficient (Wildman–Crippen LogP) is 2.13. The molecular formula is C9H10ClNO3S. The van der Waals surface area contributed by atoms with Crippen molar-refractivity contribution < 1.29 is 14.6 Å². The third-order valence-electron chi connectivity index (χ3n) is 1.64. The second-order valence-corrected chi connectivity index (χ2v) is 3.87. The average molecular weight is 248 g/mol. The lowest BCUT2D eigenvalue weighted by molar-refractivity contribution is -0.133. The summed E-state index contributed by atoms with van der Waals surface area (Å²) in [5, 5.41) is 11.7. The Balaban J connectivity index is 3.19. The number of esters is 1. The highest BCUT2D eigenvalue weighted by molar-refractivity contribution is 7.11. The zero-order chi connectivity index (χ0) is 11.4. The second kappa shape index (κ2) is 5.14. The van der Waals surface area contributed by atoms with Gasteiger partial charge in [-0.1, -0.05) is 0 Å². The number of ether oxygens (including phenoxy) is 1. The number of aliphatic hydroxyl groups excluding tert-OH is 1. The van der Waals surface area contributed by atoms with Gasteiger partial charge in [0.15, 0.2) is 0 Å². The number of hydrogen-bond donors (Lipinski definition) is 1. The van der Waals surface area contributed by atoms with Crippen LogP contribution in [0, 0.1) is 6.92 Å². The summed E-state index contributed by atoms with van der Waals surface area (Å²) in [5.41, 5.74) is 0.810. The molecule has 0 spiro atoms. The van der Waals surface area contributed by atoms with Crippen LogP contribution < -0.4 is 0 Å². The first-order valence-electron chi connectivity index (χ1n) is 4.09. The van der Waals surface area contributed by atoms with Crippen LogP contribution in [-0.2, 0) is 9.53 Å². The van der Waals surface area contributed by atoms with Crippen LogP contribution in [0.1, 0.15) is 10.7 Å². The van der Waals surface area contributed by atoms with Gasteiger partial charge in [-0.15, -0.1) is 22.9 Å². The summed E-state index contributed by atoms with van der Waals surface area (Å²) in [6.45, 7) is 1.80. The van der Waals surface area contributed by atoms with Crippen LogP contribution in [0.5, 0.6) is 0 Å². The number of aliphatic hydroxyl groups is 1. The van der Waals surface area contributed by atoms with E-state index in [1.807, 2.05) is 0 Å². The molecule has 0 amide bonds. The average Bonchev–Trinajstić information content (AvgIpc) is 2.64. The van der Waals surface area contributed by atoms with Gasteiger partial charge in [0.05, 0.1) is 13.0 Å². The van der Waals surface area contributed by atoms with Crippen molar-refractivity contribution in [3.63, 3.8) is 0 Å². The Kier molecular flexibility index (Phi) is 4.11. The van der Waals surface area contributed by atoms with E-state index in [-0.39, 0.29) is 17.2 Å². The van der Waals surface area contributed by atoms with Gasteiger partial charge in [-0.2, -0.15) is 0 Å². The van der Waals surface area contributed by atoms with Gasteiger partial charge in [0, 0.05) is 11.1 Å². The molecule has 0 aliphatic heterocycles. The Bertz CT molecular complexity index is 400. The number of carbonyl (C=O) groups is 1. The zero-order valence-electron chi connectivity index (χ0n) is 8.28. The third-order valence-corrected chi connectivity index (χ3v) is 2.87. The number of allylic oxidation sites excluding steroid dienone is 1. The molecule has 0 saturated heterocycles. The maximum Gasteiger partial charge on any atom is 0.344 e. The molecule has 1 N–H and O–H groups in total. The Morgan fingerprint density at radius 2 is 2.40 bits per heavy atom. The maximum absolute atomic E-state index is 11.4. The molecule has 0 unspecified atom stereocenters. The van der Waals surface area contributed by atoms with E-state index in [9.17, 15) is 9.90 Å². The fraction of sp³-hybridized carbons (Fsp3) is 0.333. The van der Waals surface area contributed by atoms with Crippen LogP contribution in [-0.4, -0.2) is 29.0 Å². The predicted molar refractivity (Wildman–Crippen MR) is 59.1 cm³/mol. The number of carbonyl (C=O) groups excluding carboxylic acids is 1. The molecule has 15 heavy (non-hydrogen) atoms. The largest absolute Gasteiger partial charge is 0.510 e. The van der Waals surface area contributed by atoms with E-state index in [4.69, 9.17) is 11.6 Å². The van der Waals surface area contributed by atoms with Crippen LogP contribution in [0.15, 0.2) is 11.1 Å². The Morgan fingerprint density at radius 3 is 2.80 bits per heavy atom. The van der Waals surface area contributed by atoms with Crippen molar-refractivity contribution in [2.24, 2.45) is 0 Å². The minimum absolute atomic E-state index is 0.0330. The number of nitrogens with zero attached hydrogens (tertiary/aromatic N) is 1. The first kappa shape index (κ1) is 12.0. The molecule has 0 aromatic carbocycles. The van der Waals surface area contributed by atoms with E-state index >= 15 is 0 Å². The van der Waals surface area contributed by atoms with Gasteiger partial charge in [0.25, 0.3) is 0 Å². The van der Waals surface area contributed by atoms with Crippen molar-refractivity contribution in [3.05, 3.63) is 21.8 Å². The van der Waals surface area contributed by atoms with Gasteiger partial charge in [0.1, 0.15) is 16.3 Å². The van der Waals surface area contributed by atoms with Crippen molar-refractivity contribution in [1.82, 2.24) is 4.98 Å². The van der Waals surface area contributed by atoms with Gasteiger partial charge in [-0.05, 0) is 6.92 Å². The fourth-order valence-corrected chi connectivity index (χ4v) is 1.95. The molecule has 1 aromatic heterocycles. The molecule has 0 bridgehead atoms. The molecule has 0 atom stereocenters. The molecule has 1 aromatic rings. The normalized spacial score (nSPS) is 12.2. The molecule has 0 aliphatic rings. The highest BCUT2D eigenvalue weighted by Gasteiger charge is 2.20. The molecule has 4 nitrogen and oxygen atoms in total. The molecule has 0 saturated carbocycles. The van der Waals surface area contributed by atoms with Gasteiger partial charge >= 0.3 is 5.97 Å². The number of thiazole rings is 1. The van der Waals surface area contributed by atoms with Crippen LogP contribution in [0.4, 0.5) is 0 Å². The van der Waals surface area contributed by atoms with E-state index in [0.717, 1.165) is 5.69 Å². The summed E-state index contributed by atoms with van der Waals surface area (Å²) >= 11 is 6.72. The highest BCUT2D eigenvalue weighted by Crippen LogP contribution is 2.23. The fourth-order valence-electron chi connectivity index (χ4n) is 0.966.